The van der Waals surface area contributed by atoms with Crippen molar-refractivity contribution in [3.8, 4) is 0 Å². The number of ether oxygens (including phenoxy) is 1. The van der Waals surface area contributed by atoms with Crippen molar-refractivity contribution in [1.82, 2.24) is 0 Å². The van der Waals surface area contributed by atoms with Crippen molar-refractivity contribution >= 4 is 0 Å². The number of hydrogen-bond acceptors (Lipinski definition) is 2. The van der Waals surface area contributed by atoms with Crippen molar-refractivity contribution in [3.63, 3.8) is 0 Å². The minimum Gasteiger partial charge on any atom is -0.386 e. The van der Waals surface area contributed by atoms with Gasteiger partial charge in [-0.25, -0.2) is 8.78 Å². The molecule has 1 aromatic carbocycles. The first-order valence-electron chi connectivity index (χ1n) is 5.43. The van der Waals surface area contributed by atoms with Crippen molar-refractivity contribution in [3.05, 3.63) is 35.4 Å². The van der Waals surface area contributed by atoms with Crippen LogP contribution in [0.25, 0.3) is 0 Å². The Bertz CT molecular complexity index is 362. The highest BCUT2D eigenvalue weighted by atomic mass is 19.2. The number of aliphatic hydroxyl groups excluding tert-OH is 1. The fourth-order valence-corrected chi connectivity index (χ4v) is 1.96. The maximum absolute atomic E-state index is 13.4. The van der Waals surface area contributed by atoms with Crippen LogP contribution in [0.4, 0.5) is 8.78 Å². The van der Waals surface area contributed by atoms with Gasteiger partial charge < -0.3 is 9.84 Å². The van der Waals surface area contributed by atoms with Crippen LogP contribution >= 0.6 is 0 Å². The second-order valence-corrected chi connectivity index (χ2v) is 3.99. The molecule has 1 N–H and O–H groups in total. The molecule has 0 spiro atoms. The summed E-state index contributed by atoms with van der Waals surface area (Å²) in [4.78, 5) is 0. The molecule has 2 rings (SSSR count). The van der Waals surface area contributed by atoms with Gasteiger partial charge in [0.15, 0.2) is 11.6 Å². The van der Waals surface area contributed by atoms with Crippen LogP contribution in [-0.4, -0.2) is 17.8 Å². The molecule has 0 saturated carbocycles. The highest BCUT2D eigenvalue weighted by Gasteiger charge is 2.26. The van der Waals surface area contributed by atoms with Gasteiger partial charge in [-0.05, 0) is 25.3 Å². The Morgan fingerprint density at radius 2 is 2.12 bits per heavy atom. The van der Waals surface area contributed by atoms with Gasteiger partial charge in [0, 0.05) is 12.2 Å². The van der Waals surface area contributed by atoms with Crippen molar-refractivity contribution in [2.75, 3.05) is 6.61 Å². The number of benzene rings is 1. The van der Waals surface area contributed by atoms with Crippen molar-refractivity contribution in [1.29, 1.82) is 0 Å². The molecule has 2 nitrogen and oxygen atoms in total. The first-order valence-corrected chi connectivity index (χ1v) is 5.43. The molecule has 1 aromatic rings. The zero-order valence-electron chi connectivity index (χ0n) is 8.83. The second kappa shape index (κ2) is 4.89. The molecular formula is C12H14F2O2. The Morgan fingerprint density at radius 3 is 2.81 bits per heavy atom. The molecule has 1 saturated heterocycles. The molecule has 1 aliphatic heterocycles. The van der Waals surface area contributed by atoms with E-state index >= 15 is 0 Å². The molecule has 2 atom stereocenters. The van der Waals surface area contributed by atoms with Gasteiger partial charge in [0.2, 0.25) is 0 Å². The molecule has 1 heterocycles. The topological polar surface area (TPSA) is 29.5 Å². The van der Waals surface area contributed by atoms with E-state index < -0.39 is 23.8 Å². The molecule has 0 amide bonds. The Balaban J connectivity index is 2.19. The summed E-state index contributed by atoms with van der Waals surface area (Å²) in [5.74, 6) is -1.92. The van der Waals surface area contributed by atoms with Crippen molar-refractivity contribution in [2.45, 2.75) is 31.5 Å². The summed E-state index contributed by atoms with van der Waals surface area (Å²) in [6.07, 6.45) is 1.06. The van der Waals surface area contributed by atoms with E-state index in [-0.39, 0.29) is 5.56 Å². The van der Waals surface area contributed by atoms with E-state index in [9.17, 15) is 13.9 Å². The van der Waals surface area contributed by atoms with Crippen LogP contribution in [0, 0.1) is 11.6 Å². The molecule has 1 aliphatic rings. The fourth-order valence-electron chi connectivity index (χ4n) is 1.96. The smallest absolute Gasteiger partial charge is 0.164 e. The molecule has 0 aromatic heterocycles. The van der Waals surface area contributed by atoms with E-state index in [1.165, 1.54) is 12.1 Å². The zero-order chi connectivity index (χ0) is 11.5. The Kier molecular flexibility index (Phi) is 3.51. The highest BCUT2D eigenvalue weighted by Crippen LogP contribution is 2.28. The van der Waals surface area contributed by atoms with Gasteiger partial charge in [0.05, 0.1) is 6.10 Å². The lowest BCUT2D eigenvalue weighted by Gasteiger charge is -2.27. The lowest BCUT2D eigenvalue weighted by atomic mass is 9.98. The molecule has 16 heavy (non-hydrogen) atoms. The van der Waals surface area contributed by atoms with E-state index in [0.717, 1.165) is 18.9 Å². The summed E-state index contributed by atoms with van der Waals surface area (Å²) in [6.45, 7) is 0.568. The van der Waals surface area contributed by atoms with Crippen LogP contribution in [-0.2, 0) is 4.74 Å². The molecule has 2 unspecified atom stereocenters. The maximum Gasteiger partial charge on any atom is 0.164 e. The average Bonchev–Trinajstić information content (AvgIpc) is 2.33. The fraction of sp³-hybridized carbons (Fsp3) is 0.500. The van der Waals surface area contributed by atoms with Crippen LogP contribution < -0.4 is 0 Å². The van der Waals surface area contributed by atoms with Crippen LogP contribution in [0.3, 0.4) is 0 Å². The molecule has 1 fully saturated rings. The van der Waals surface area contributed by atoms with Crippen LogP contribution in [0.2, 0.25) is 0 Å². The summed E-state index contributed by atoms with van der Waals surface area (Å²) in [7, 11) is 0. The normalized spacial score (nSPS) is 23.1. The maximum atomic E-state index is 13.4. The minimum absolute atomic E-state index is 0.0214. The summed E-state index contributed by atoms with van der Waals surface area (Å²) in [5.41, 5.74) is -0.0214. The van der Waals surface area contributed by atoms with Gasteiger partial charge in [-0.15, -0.1) is 0 Å². The van der Waals surface area contributed by atoms with E-state index in [1.807, 2.05) is 0 Å². The quantitative estimate of drug-likeness (QED) is 0.843. The average molecular weight is 228 g/mol. The number of hydrogen-bond donors (Lipinski definition) is 1. The van der Waals surface area contributed by atoms with Gasteiger partial charge in [0.1, 0.15) is 6.10 Å². The third kappa shape index (κ3) is 2.23. The van der Waals surface area contributed by atoms with Gasteiger partial charge in [-0.3, -0.25) is 0 Å². The highest BCUT2D eigenvalue weighted by molar-refractivity contribution is 5.22. The first kappa shape index (κ1) is 11.5. The Labute approximate surface area is 92.9 Å². The summed E-state index contributed by atoms with van der Waals surface area (Å²) < 4.78 is 31.7. The predicted octanol–water partition coefficient (Wildman–Crippen LogP) is 2.57. The molecule has 0 aliphatic carbocycles. The van der Waals surface area contributed by atoms with E-state index in [0.29, 0.717) is 13.0 Å². The summed E-state index contributed by atoms with van der Waals surface area (Å²) >= 11 is 0. The molecular weight excluding hydrogens is 214 g/mol. The van der Waals surface area contributed by atoms with Crippen LogP contribution in [0.5, 0.6) is 0 Å². The Hall–Kier alpha value is -1.00. The zero-order valence-corrected chi connectivity index (χ0v) is 8.83. The third-order valence-corrected chi connectivity index (χ3v) is 2.87. The Morgan fingerprint density at radius 1 is 1.31 bits per heavy atom. The van der Waals surface area contributed by atoms with Crippen molar-refractivity contribution < 1.29 is 18.6 Å². The van der Waals surface area contributed by atoms with E-state index in [1.54, 1.807) is 0 Å². The molecule has 0 radical (unpaired) electrons. The summed E-state index contributed by atoms with van der Waals surface area (Å²) in [6, 6.07) is 3.81. The van der Waals surface area contributed by atoms with Crippen molar-refractivity contribution in [2.24, 2.45) is 0 Å². The monoisotopic (exact) mass is 228 g/mol. The SMILES string of the molecule is OC(c1cccc(F)c1F)C1CCCCO1. The number of aliphatic hydroxyl groups is 1. The molecule has 4 heteroatoms. The predicted molar refractivity (Wildman–Crippen MR) is 54.9 cm³/mol. The largest absolute Gasteiger partial charge is 0.386 e. The van der Waals surface area contributed by atoms with Gasteiger partial charge in [0.25, 0.3) is 0 Å². The lowest BCUT2D eigenvalue weighted by molar-refractivity contribution is -0.0646. The van der Waals surface area contributed by atoms with Crippen LogP contribution in [0.1, 0.15) is 30.9 Å². The molecule has 0 bridgehead atoms. The van der Waals surface area contributed by atoms with Crippen LogP contribution in [0.15, 0.2) is 18.2 Å². The minimum atomic E-state index is -1.09. The second-order valence-electron chi connectivity index (χ2n) is 3.99. The van der Waals surface area contributed by atoms with Gasteiger partial charge >= 0.3 is 0 Å². The lowest BCUT2D eigenvalue weighted by Crippen LogP contribution is -2.27. The standard InChI is InChI=1S/C12H14F2O2/c13-9-5-3-4-8(11(9)14)12(15)10-6-1-2-7-16-10/h3-5,10,12,15H,1-2,6-7H2. The number of rotatable bonds is 2. The summed E-state index contributed by atoms with van der Waals surface area (Å²) in [5, 5.41) is 9.92. The number of halogens is 2. The van der Waals surface area contributed by atoms with E-state index in [4.69, 9.17) is 4.74 Å². The first-order chi connectivity index (χ1) is 7.70. The van der Waals surface area contributed by atoms with Gasteiger partial charge in [-0.2, -0.15) is 0 Å². The molecule has 88 valence electrons. The third-order valence-electron chi connectivity index (χ3n) is 2.87. The van der Waals surface area contributed by atoms with Gasteiger partial charge in [-0.1, -0.05) is 12.1 Å². The van der Waals surface area contributed by atoms with E-state index in [2.05, 4.69) is 0 Å².